The molecule has 0 aromatic heterocycles. The van der Waals surface area contributed by atoms with E-state index in [1.54, 1.807) is 7.11 Å². The van der Waals surface area contributed by atoms with E-state index in [9.17, 15) is 9.90 Å². The first-order chi connectivity index (χ1) is 11.0. The largest absolute Gasteiger partial charge is 0.504 e. The molecule has 0 spiro atoms. The molecule has 4 heteroatoms. The number of phenolic OH excluding ortho intramolecular Hbond substituents is 1. The molecule has 4 nitrogen and oxygen atoms in total. The van der Waals surface area contributed by atoms with E-state index in [1.165, 1.54) is 5.56 Å². The summed E-state index contributed by atoms with van der Waals surface area (Å²) in [6, 6.07) is 4.42. The van der Waals surface area contributed by atoms with Crippen LogP contribution in [-0.4, -0.2) is 42.5 Å². The number of likely N-dealkylation sites (N-methyl/N-ethyl adjacent to an activating group) is 1. The summed E-state index contributed by atoms with van der Waals surface area (Å²) in [5.74, 6) is 1.55. The number of nitrogens with zero attached hydrogens (tertiary/aromatic N) is 1. The van der Waals surface area contributed by atoms with Gasteiger partial charge in [0.15, 0.2) is 11.5 Å². The number of ketones is 1. The van der Waals surface area contributed by atoms with Crippen LogP contribution in [0.2, 0.25) is 0 Å². The van der Waals surface area contributed by atoms with Gasteiger partial charge in [0.1, 0.15) is 5.78 Å². The predicted octanol–water partition coefficient (Wildman–Crippen LogP) is 2.51. The summed E-state index contributed by atoms with van der Waals surface area (Å²) < 4.78 is 5.36. The molecule has 1 aromatic carbocycles. The zero-order valence-electron chi connectivity index (χ0n) is 14.1. The third kappa shape index (κ3) is 1.78. The minimum absolute atomic E-state index is 0.0329. The molecule has 4 rings (SSSR count). The Balaban J connectivity index is 1.99. The van der Waals surface area contributed by atoms with Crippen molar-refractivity contribution in [2.45, 2.75) is 44.1 Å². The second-order valence-corrected chi connectivity index (χ2v) is 7.53. The Hall–Kier alpha value is -1.55. The maximum Gasteiger partial charge on any atom is 0.161 e. The number of piperidine rings is 1. The second kappa shape index (κ2) is 4.97. The molecular weight excluding hydrogens is 290 g/mol. The van der Waals surface area contributed by atoms with Crippen LogP contribution >= 0.6 is 0 Å². The van der Waals surface area contributed by atoms with E-state index in [-0.39, 0.29) is 17.1 Å². The van der Waals surface area contributed by atoms with Gasteiger partial charge in [-0.3, -0.25) is 4.79 Å². The Labute approximate surface area is 137 Å². The van der Waals surface area contributed by atoms with Crippen LogP contribution in [0.5, 0.6) is 11.5 Å². The van der Waals surface area contributed by atoms with Crippen LogP contribution in [0.15, 0.2) is 12.1 Å². The van der Waals surface area contributed by atoms with E-state index in [4.69, 9.17) is 4.74 Å². The van der Waals surface area contributed by atoms with Gasteiger partial charge in [0.05, 0.1) is 7.11 Å². The summed E-state index contributed by atoms with van der Waals surface area (Å²) in [5.41, 5.74) is 1.98. The highest BCUT2D eigenvalue weighted by atomic mass is 16.5. The molecule has 0 amide bonds. The summed E-state index contributed by atoms with van der Waals surface area (Å²) in [5, 5.41) is 10.9. The summed E-state index contributed by atoms with van der Waals surface area (Å²) in [7, 11) is 3.79. The zero-order chi connectivity index (χ0) is 16.4. The number of hydrogen-bond acceptors (Lipinski definition) is 4. The molecule has 1 aliphatic heterocycles. The number of ether oxygens (including phenoxy) is 1. The Morgan fingerprint density at radius 1 is 1.39 bits per heavy atom. The first-order valence-electron chi connectivity index (χ1n) is 8.63. The Morgan fingerprint density at radius 3 is 2.91 bits per heavy atom. The number of aromatic hydroxyl groups is 1. The third-order valence-corrected chi connectivity index (χ3v) is 6.87. The third-order valence-electron chi connectivity index (χ3n) is 6.87. The summed E-state index contributed by atoms with van der Waals surface area (Å²) in [6.45, 7) is 3.06. The zero-order valence-corrected chi connectivity index (χ0v) is 14.1. The van der Waals surface area contributed by atoms with Gasteiger partial charge in [0.2, 0.25) is 0 Å². The summed E-state index contributed by atoms with van der Waals surface area (Å²) in [6.07, 6.45) is 3.51. The topological polar surface area (TPSA) is 49.8 Å². The van der Waals surface area contributed by atoms with Crippen molar-refractivity contribution in [1.82, 2.24) is 4.90 Å². The molecule has 1 saturated heterocycles. The number of methoxy groups -OCH3 is 1. The molecule has 124 valence electrons. The highest BCUT2D eigenvalue weighted by molar-refractivity contribution is 5.84. The van der Waals surface area contributed by atoms with Crippen LogP contribution in [0, 0.1) is 11.8 Å². The number of benzene rings is 1. The number of fused-ring (bicyclic) bond motifs is 1. The van der Waals surface area contributed by atoms with Crippen molar-refractivity contribution in [3.63, 3.8) is 0 Å². The van der Waals surface area contributed by atoms with Crippen LogP contribution in [0.4, 0.5) is 0 Å². The van der Waals surface area contributed by atoms with Crippen LogP contribution in [0.25, 0.3) is 0 Å². The number of phenols is 1. The van der Waals surface area contributed by atoms with Gasteiger partial charge in [0, 0.05) is 29.4 Å². The average molecular weight is 315 g/mol. The van der Waals surface area contributed by atoms with Gasteiger partial charge < -0.3 is 14.7 Å². The Kier molecular flexibility index (Phi) is 3.24. The minimum atomic E-state index is -0.223. The minimum Gasteiger partial charge on any atom is -0.504 e. The molecule has 2 aliphatic carbocycles. The van der Waals surface area contributed by atoms with Gasteiger partial charge in [-0.1, -0.05) is 13.0 Å². The van der Waals surface area contributed by atoms with Gasteiger partial charge in [0.25, 0.3) is 0 Å². The van der Waals surface area contributed by atoms with Crippen molar-refractivity contribution >= 4 is 5.78 Å². The molecule has 1 heterocycles. The van der Waals surface area contributed by atoms with E-state index in [0.29, 0.717) is 29.9 Å². The molecule has 2 bridgehead atoms. The fraction of sp³-hybridized carbons (Fsp3) is 0.632. The molecule has 1 saturated carbocycles. The maximum atomic E-state index is 12.6. The molecule has 2 fully saturated rings. The van der Waals surface area contributed by atoms with Crippen LogP contribution < -0.4 is 4.74 Å². The van der Waals surface area contributed by atoms with Crippen molar-refractivity contribution in [1.29, 1.82) is 0 Å². The lowest BCUT2D eigenvalue weighted by molar-refractivity contribution is -0.134. The first-order valence-corrected chi connectivity index (χ1v) is 8.63. The van der Waals surface area contributed by atoms with E-state index in [0.717, 1.165) is 31.4 Å². The monoisotopic (exact) mass is 315 g/mol. The van der Waals surface area contributed by atoms with Gasteiger partial charge in [-0.25, -0.2) is 0 Å². The standard InChI is InChI=1S/C19H25NO3/c1-11-15(21)6-5-13-14-10-12-4-7-16(23-3)18(22)17(12)19(11,13)8-9-20(14)2/h4,7,11,13-14,22H,5-6,8-10H2,1-3H3/t11?,13-,14-,19+/m1/s1. The van der Waals surface area contributed by atoms with E-state index in [1.807, 2.05) is 6.07 Å². The lowest BCUT2D eigenvalue weighted by atomic mass is 9.48. The summed E-state index contributed by atoms with van der Waals surface area (Å²) >= 11 is 0. The quantitative estimate of drug-likeness (QED) is 0.865. The van der Waals surface area contributed by atoms with Gasteiger partial charge in [-0.05, 0) is 50.4 Å². The number of likely N-dealkylation sites (tertiary alicyclic amines) is 1. The van der Waals surface area contributed by atoms with Crippen molar-refractivity contribution in [2.75, 3.05) is 20.7 Å². The molecule has 1 N–H and O–H groups in total. The smallest absolute Gasteiger partial charge is 0.161 e. The van der Waals surface area contributed by atoms with E-state index < -0.39 is 0 Å². The second-order valence-electron chi connectivity index (χ2n) is 7.53. The fourth-order valence-electron chi connectivity index (χ4n) is 5.67. The van der Waals surface area contributed by atoms with E-state index >= 15 is 0 Å². The lowest BCUT2D eigenvalue weighted by Gasteiger charge is -2.60. The van der Waals surface area contributed by atoms with Crippen LogP contribution in [0.1, 0.15) is 37.3 Å². The Morgan fingerprint density at radius 2 is 2.17 bits per heavy atom. The van der Waals surface area contributed by atoms with Crippen molar-refractivity contribution < 1.29 is 14.6 Å². The van der Waals surface area contributed by atoms with Crippen LogP contribution in [-0.2, 0) is 16.6 Å². The number of carbonyl (C=O) groups excluding carboxylic acids is 1. The normalized spacial score (nSPS) is 36.3. The van der Waals surface area contributed by atoms with Gasteiger partial charge in [-0.2, -0.15) is 0 Å². The molecule has 1 unspecified atom stereocenters. The van der Waals surface area contributed by atoms with Crippen molar-refractivity contribution in [3.8, 4) is 11.5 Å². The molecule has 1 aromatic rings. The lowest BCUT2D eigenvalue weighted by Crippen LogP contribution is -2.63. The fourth-order valence-corrected chi connectivity index (χ4v) is 5.67. The SMILES string of the molecule is COc1ccc2c(c1O)[C@]13CCN(C)[C@H](C2)[C@H]1CCC(=O)C3C. The first kappa shape index (κ1) is 15.0. The summed E-state index contributed by atoms with van der Waals surface area (Å²) in [4.78, 5) is 15.0. The van der Waals surface area contributed by atoms with Crippen LogP contribution in [0.3, 0.4) is 0 Å². The van der Waals surface area contributed by atoms with Crippen molar-refractivity contribution in [3.05, 3.63) is 23.3 Å². The highest BCUT2D eigenvalue weighted by Crippen LogP contribution is 2.60. The highest BCUT2D eigenvalue weighted by Gasteiger charge is 2.59. The van der Waals surface area contributed by atoms with Gasteiger partial charge >= 0.3 is 0 Å². The molecule has 23 heavy (non-hydrogen) atoms. The Bertz CT molecular complexity index is 671. The predicted molar refractivity (Wildman–Crippen MR) is 88.0 cm³/mol. The number of Topliss-reactive ketones (excluding diaryl/α,β-unsaturated/α-hetero) is 1. The van der Waals surface area contributed by atoms with E-state index in [2.05, 4.69) is 24.9 Å². The maximum absolute atomic E-state index is 12.6. The molecule has 4 atom stereocenters. The molecule has 3 aliphatic rings. The molecule has 0 radical (unpaired) electrons. The van der Waals surface area contributed by atoms with Gasteiger partial charge in [-0.15, -0.1) is 0 Å². The number of carbonyl (C=O) groups is 1. The number of hydrogen-bond donors (Lipinski definition) is 1. The average Bonchev–Trinajstić information content (AvgIpc) is 2.54. The van der Waals surface area contributed by atoms with Crippen molar-refractivity contribution in [2.24, 2.45) is 11.8 Å². The molecular formula is C19H25NO3. The number of rotatable bonds is 1.